The molecule has 6 heteroatoms. The molecule has 150 valence electrons. The molecule has 1 aliphatic heterocycles. The van der Waals surface area contributed by atoms with Gasteiger partial charge in [0.25, 0.3) is 0 Å². The molecule has 0 radical (unpaired) electrons. The summed E-state index contributed by atoms with van der Waals surface area (Å²) in [6, 6.07) is 9.30. The first kappa shape index (κ1) is 20.1. The first-order valence-corrected chi connectivity index (χ1v) is 10.3. The summed E-state index contributed by atoms with van der Waals surface area (Å²) >= 11 is 0. The molecule has 1 atom stereocenters. The first-order valence-electron chi connectivity index (χ1n) is 10.3. The SMILES string of the molecule is CCCCC(=O)Nc1cn(C(C(=O)N2CCC(C)CC2)c2ccccc2)cn1. The summed E-state index contributed by atoms with van der Waals surface area (Å²) in [7, 11) is 0. The standard InChI is InChI=1S/C22H30N4O2/c1-3-4-10-20(27)24-19-15-26(16-23-19)21(18-8-6-5-7-9-18)22(28)25-13-11-17(2)12-14-25/h5-9,15-17,21H,3-4,10-14H2,1-2H3,(H,24,27). The van der Waals surface area contributed by atoms with E-state index in [4.69, 9.17) is 0 Å². The summed E-state index contributed by atoms with van der Waals surface area (Å²) in [6.07, 6.45) is 7.78. The van der Waals surface area contributed by atoms with Crippen LogP contribution in [0.5, 0.6) is 0 Å². The van der Waals surface area contributed by atoms with Gasteiger partial charge in [0.05, 0.1) is 6.33 Å². The van der Waals surface area contributed by atoms with Gasteiger partial charge < -0.3 is 14.8 Å². The Hall–Kier alpha value is -2.63. The molecule has 1 aromatic heterocycles. The minimum atomic E-state index is -0.469. The number of hydrogen-bond donors (Lipinski definition) is 1. The number of nitrogens with zero attached hydrogens (tertiary/aromatic N) is 3. The molecule has 0 spiro atoms. The van der Waals surface area contributed by atoms with Gasteiger partial charge in [-0.05, 0) is 30.7 Å². The van der Waals surface area contributed by atoms with Crippen LogP contribution in [0.25, 0.3) is 0 Å². The van der Waals surface area contributed by atoms with E-state index in [0.717, 1.165) is 44.3 Å². The van der Waals surface area contributed by atoms with Gasteiger partial charge in [-0.2, -0.15) is 0 Å². The fourth-order valence-electron chi connectivity index (χ4n) is 3.56. The Morgan fingerprint density at radius 2 is 1.93 bits per heavy atom. The van der Waals surface area contributed by atoms with Crippen LogP contribution >= 0.6 is 0 Å². The summed E-state index contributed by atoms with van der Waals surface area (Å²) < 4.78 is 1.81. The largest absolute Gasteiger partial charge is 0.341 e. The van der Waals surface area contributed by atoms with E-state index in [0.29, 0.717) is 18.2 Å². The molecule has 0 saturated carbocycles. The lowest BCUT2D eigenvalue weighted by Crippen LogP contribution is -2.42. The second-order valence-electron chi connectivity index (χ2n) is 7.68. The van der Waals surface area contributed by atoms with Gasteiger partial charge in [0.2, 0.25) is 11.8 Å². The van der Waals surface area contributed by atoms with Crippen molar-refractivity contribution in [1.29, 1.82) is 0 Å². The van der Waals surface area contributed by atoms with E-state index in [9.17, 15) is 9.59 Å². The Morgan fingerprint density at radius 3 is 2.61 bits per heavy atom. The average Bonchev–Trinajstić information content (AvgIpc) is 3.15. The Bertz CT molecular complexity index is 779. The predicted molar refractivity (Wildman–Crippen MR) is 110 cm³/mol. The van der Waals surface area contributed by atoms with E-state index < -0.39 is 6.04 Å². The smallest absolute Gasteiger partial charge is 0.250 e. The molecular weight excluding hydrogens is 352 g/mol. The van der Waals surface area contributed by atoms with Crippen molar-refractivity contribution in [3.8, 4) is 0 Å². The first-order chi connectivity index (χ1) is 13.6. The van der Waals surface area contributed by atoms with Crippen molar-refractivity contribution in [2.75, 3.05) is 18.4 Å². The number of unbranched alkanes of at least 4 members (excludes halogenated alkanes) is 1. The van der Waals surface area contributed by atoms with Crippen LogP contribution in [-0.2, 0) is 9.59 Å². The fourth-order valence-corrected chi connectivity index (χ4v) is 3.56. The Kier molecular flexibility index (Phi) is 6.85. The Balaban J connectivity index is 1.80. The van der Waals surface area contributed by atoms with Crippen LogP contribution in [0.15, 0.2) is 42.9 Å². The topological polar surface area (TPSA) is 67.2 Å². The maximum absolute atomic E-state index is 13.4. The molecule has 1 unspecified atom stereocenters. The summed E-state index contributed by atoms with van der Waals surface area (Å²) in [5.41, 5.74) is 0.924. The van der Waals surface area contributed by atoms with Crippen molar-refractivity contribution in [2.45, 2.75) is 52.0 Å². The maximum Gasteiger partial charge on any atom is 0.250 e. The third kappa shape index (κ3) is 5.00. The monoisotopic (exact) mass is 382 g/mol. The van der Waals surface area contributed by atoms with Gasteiger partial charge in [-0.3, -0.25) is 9.59 Å². The number of carbonyl (C=O) groups excluding carboxylic acids is 2. The van der Waals surface area contributed by atoms with Crippen LogP contribution in [0.1, 0.15) is 57.6 Å². The highest BCUT2D eigenvalue weighted by atomic mass is 16.2. The summed E-state index contributed by atoms with van der Waals surface area (Å²) in [5.74, 6) is 1.19. The van der Waals surface area contributed by atoms with Gasteiger partial charge in [-0.15, -0.1) is 0 Å². The Labute approximate surface area is 166 Å². The van der Waals surface area contributed by atoms with Gasteiger partial charge in [-0.1, -0.05) is 50.6 Å². The average molecular weight is 383 g/mol. The van der Waals surface area contributed by atoms with Gasteiger partial charge in [0.1, 0.15) is 6.04 Å². The minimum Gasteiger partial charge on any atom is -0.341 e. The van der Waals surface area contributed by atoms with Crippen molar-refractivity contribution < 1.29 is 9.59 Å². The lowest BCUT2D eigenvalue weighted by molar-refractivity contribution is -0.134. The number of amides is 2. The van der Waals surface area contributed by atoms with E-state index in [1.54, 1.807) is 12.5 Å². The number of anilines is 1. The number of nitrogens with one attached hydrogen (secondary N) is 1. The van der Waals surface area contributed by atoms with E-state index in [1.807, 2.05) is 39.8 Å². The van der Waals surface area contributed by atoms with E-state index in [1.165, 1.54) is 0 Å². The zero-order valence-corrected chi connectivity index (χ0v) is 16.8. The van der Waals surface area contributed by atoms with Gasteiger partial charge in [0, 0.05) is 25.7 Å². The molecule has 2 aromatic rings. The van der Waals surface area contributed by atoms with Crippen LogP contribution in [0.2, 0.25) is 0 Å². The highest BCUT2D eigenvalue weighted by Gasteiger charge is 2.29. The van der Waals surface area contributed by atoms with Crippen LogP contribution in [-0.4, -0.2) is 39.4 Å². The van der Waals surface area contributed by atoms with Gasteiger partial charge in [-0.25, -0.2) is 4.98 Å². The lowest BCUT2D eigenvalue weighted by Gasteiger charge is -2.33. The third-order valence-electron chi connectivity index (χ3n) is 5.37. The van der Waals surface area contributed by atoms with Gasteiger partial charge in [0.15, 0.2) is 5.82 Å². The number of likely N-dealkylation sites (tertiary alicyclic amines) is 1. The van der Waals surface area contributed by atoms with Crippen molar-refractivity contribution >= 4 is 17.6 Å². The lowest BCUT2D eigenvalue weighted by atomic mass is 9.97. The van der Waals surface area contributed by atoms with Crippen LogP contribution in [0.3, 0.4) is 0 Å². The minimum absolute atomic E-state index is 0.0419. The van der Waals surface area contributed by atoms with Crippen molar-refractivity contribution in [2.24, 2.45) is 5.92 Å². The van der Waals surface area contributed by atoms with Crippen molar-refractivity contribution in [1.82, 2.24) is 14.5 Å². The number of hydrogen-bond acceptors (Lipinski definition) is 3. The second-order valence-corrected chi connectivity index (χ2v) is 7.68. The number of aromatic nitrogens is 2. The molecule has 1 fully saturated rings. The third-order valence-corrected chi connectivity index (χ3v) is 5.37. The normalized spacial score (nSPS) is 16.0. The quantitative estimate of drug-likeness (QED) is 0.791. The predicted octanol–water partition coefficient (Wildman–Crippen LogP) is 3.86. The Morgan fingerprint density at radius 1 is 1.21 bits per heavy atom. The molecule has 2 heterocycles. The molecule has 3 rings (SSSR count). The molecule has 0 aliphatic carbocycles. The van der Waals surface area contributed by atoms with Crippen LogP contribution in [0, 0.1) is 5.92 Å². The zero-order chi connectivity index (χ0) is 19.9. The molecule has 2 amide bonds. The van der Waals surface area contributed by atoms with Gasteiger partial charge >= 0.3 is 0 Å². The van der Waals surface area contributed by atoms with Crippen molar-refractivity contribution in [3.05, 3.63) is 48.4 Å². The molecule has 0 bridgehead atoms. The second kappa shape index (κ2) is 9.53. The number of benzene rings is 1. The highest BCUT2D eigenvalue weighted by Crippen LogP contribution is 2.25. The van der Waals surface area contributed by atoms with Crippen LogP contribution in [0.4, 0.5) is 5.82 Å². The van der Waals surface area contributed by atoms with E-state index in [-0.39, 0.29) is 11.8 Å². The highest BCUT2D eigenvalue weighted by molar-refractivity contribution is 5.89. The number of imidazole rings is 1. The molecule has 1 aliphatic rings. The molecule has 1 aromatic carbocycles. The van der Waals surface area contributed by atoms with E-state index in [2.05, 4.69) is 24.1 Å². The number of rotatable bonds is 7. The van der Waals surface area contributed by atoms with Crippen LogP contribution < -0.4 is 5.32 Å². The number of piperidine rings is 1. The summed E-state index contributed by atoms with van der Waals surface area (Å²) in [6.45, 7) is 5.87. The van der Waals surface area contributed by atoms with E-state index >= 15 is 0 Å². The molecular formula is C22H30N4O2. The molecule has 1 saturated heterocycles. The molecule has 1 N–H and O–H groups in total. The summed E-state index contributed by atoms with van der Waals surface area (Å²) in [5, 5.41) is 2.83. The van der Waals surface area contributed by atoms with Crippen molar-refractivity contribution in [3.63, 3.8) is 0 Å². The molecule has 6 nitrogen and oxygen atoms in total. The summed E-state index contributed by atoms with van der Waals surface area (Å²) in [4.78, 5) is 31.6. The fraction of sp³-hybridized carbons (Fsp3) is 0.500. The maximum atomic E-state index is 13.4. The molecule has 28 heavy (non-hydrogen) atoms. The number of carbonyl (C=O) groups is 2. The zero-order valence-electron chi connectivity index (χ0n) is 16.8.